The van der Waals surface area contributed by atoms with Crippen LogP contribution in [0.1, 0.15) is 45.4 Å². The average molecular weight is 296 g/mol. The van der Waals surface area contributed by atoms with Gasteiger partial charge in [-0.2, -0.15) is 0 Å². The van der Waals surface area contributed by atoms with Crippen molar-refractivity contribution < 1.29 is 19.5 Å². The van der Waals surface area contributed by atoms with Crippen molar-refractivity contribution in [3.8, 4) is 0 Å². The number of carboxylic acid groups (broad SMARTS) is 1. The molecular weight excluding hydrogens is 272 g/mol. The number of hydrogen-bond donors (Lipinski definition) is 2. The van der Waals surface area contributed by atoms with E-state index in [0.717, 1.165) is 12.8 Å². The van der Waals surface area contributed by atoms with E-state index in [2.05, 4.69) is 5.32 Å². The predicted molar refractivity (Wildman–Crippen MR) is 76.5 cm³/mol. The molecule has 0 aromatic heterocycles. The fourth-order valence-corrected chi connectivity index (χ4v) is 2.79. The standard InChI is InChI=1S/C15H24N2O4/c1-2-3-12(15(20)21)16-13(18)10-6-8-17(9-7-10)14(19)11-4-5-11/h10-12H,2-9H2,1H3,(H,16,18)(H,20,21)/t12-/m0/s1. The molecule has 2 rings (SSSR count). The van der Waals surface area contributed by atoms with Crippen LogP contribution < -0.4 is 5.32 Å². The molecule has 2 amide bonds. The van der Waals surface area contributed by atoms with Gasteiger partial charge in [-0.25, -0.2) is 4.79 Å². The van der Waals surface area contributed by atoms with Gasteiger partial charge in [-0.05, 0) is 32.1 Å². The molecule has 0 aromatic rings. The Morgan fingerprint density at radius 1 is 1.14 bits per heavy atom. The first-order chi connectivity index (χ1) is 10.0. The van der Waals surface area contributed by atoms with Crippen LogP contribution in [-0.2, 0) is 14.4 Å². The molecule has 1 heterocycles. The van der Waals surface area contributed by atoms with Gasteiger partial charge in [-0.1, -0.05) is 13.3 Å². The minimum atomic E-state index is -0.980. The zero-order valence-electron chi connectivity index (χ0n) is 12.5. The van der Waals surface area contributed by atoms with Gasteiger partial charge in [0.25, 0.3) is 0 Å². The Kier molecular flexibility index (Phi) is 5.20. The lowest BCUT2D eigenvalue weighted by Crippen LogP contribution is -2.47. The second kappa shape index (κ2) is 6.91. The number of carbonyl (C=O) groups is 3. The number of rotatable bonds is 6. The summed E-state index contributed by atoms with van der Waals surface area (Å²) < 4.78 is 0. The molecule has 1 saturated heterocycles. The molecule has 6 nitrogen and oxygen atoms in total. The maximum atomic E-state index is 12.1. The maximum Gasteiger partial charge on any atom is 0.326 e. The third-order valence-electron chi connectivity index (χ3n) is 4.30. The van der Waals surface area contributed by atoms with Crippen LogP contribution >= 0.6 is 0 Å². The molecular formula is C15H24N2O4. The molecule has 0 bridgehead atoms. The summed E-state index contributed by atoms with van der Waals surface area (Å²) in [7, 11) is 0. The number of amides is 2. The first kappa shape index (κ1) is 15.8. The molecule has 2 N–H and O–H groups in total. The number of piperidine rings is 1. The number of likely N-dealkylation sites (tertiary alicyclic amines) is 1. The van der Waals surface area contributed by atoms with Crippen LogP contribution in [0.15, 0.2) is 0 Å². The van der Waals surface area contributed by atoms with Crippen molar-refractivity contribution in [3.05, 3.63) is 0 Å². The first-order valence-electron chi connectivity index (χ1n) is 7.85. The summed E-state index contributed by atoms with van der Waals surface area (Å²) in [5, 5.41) is 11.7. The van der Waals surface area contributed by atoms with Crippen LogP contribution in [0.25, 0.3) is 0 Å². The summed E-state index contributed by atoms with van der Waals surface area (Å²) in [5.41, 5.74) is 0. The molecule has 0 unspecified atom stereocenters. The summed E-state index contributed by atoms with van der Waals surface area (Å²) in [6.07, 6.45) is 4.41. The minimum absolute atomic E-state index is 0.174. The summed E-state index contributed by atoms with van der Waals surface area (Å²) >= 11 is 0. The van der Waals surface area contributed by atoms with Gasteiger partial charge in [0.1, 0.15) is 6.04 Å². The normalized spacial score (nSPS) is 20.9. The van der Waals surface area contributed by atoms with Crippen LogP contribution in [0.3, 0.4) is 0 Å². The Morgan fingerprint density at radius 3 is 2.24 bits per heavy atom. The van der Waals surface area contributed by atoms with Crippen LogP contribution in [0.4, 0.5) is 0 Å². The first-order valence-corrected chi connectivity index (χ1v) is 7.85. The van der Waals surface area contributed by atoms with Gasteiger partial charge in [-0.15, -0.1) is 0 Å². The number of nitrogens with one attached hydrogen (secondary N) is 1. The zero-order chi connectivity index (χ0) is 15.4. The van der Waals surface area contributed by atoms with Crippen molar-refractivity contribution in [2.45, 2.75) is 51.5 Å². The molecule has 21 heavy (non-hydrogen) atoms. The van der Waals surface area contributed by atoms with E-state index >= 15 is 0 Å². The molecule has 2 fully saturated rings. The molecule has 6 heteroatoms. The summed E-state index contributed by atoms with van der Waals surface area (Å²) in [5.74, 6) is -0.896. The summed E-state index contributed by atoms with van der Waals surface area (Å²) in [6.45, 7) is 3.11. The molecule has 1 saturated carbocycles. The van der Waals surface area contributed by atoms with Crippen molar-refractivity contribution >= 4 is 17.8 Å². The highest BCUT2D eigenvalue weighted by atomic mass is 16.4. The Bertz CT molecular complexity index is 412. The molecule has 0 aromatic carbocycles. The van der Waals surface area contributed by atoms with Crippen LogP contribution in [0.2, 0.25) is 0 Å². The predicted octanol–water partition coefficient (Wildman–Crippen LogP) is 1.00. The average Bonchev–Trinajstić information content (AvgIpc) is 3.30. The second-order valence-corrected chi connectivity index (χ2v) is 6.06. The van der Waals surface area contributed by atoms with Crippen LogP contribution in [0.5, 0.6) is 0 Å². The number of carboxylic acids is 1. The van der Waals surface area contributed by atoms with Crippen molar-refractivity contribution in [2.24, 2.45) is 11.8 Å². The van der Waals surface area contributed by atoms with Gasteiger partial charge >= 0.3 is 5.97 Å². The van der Waals surface area contributed by atoms with Crippen molar-refractivity contribution in [1.29, 1.82) is 0 Å². The third-order valence-corrected chi connectivity index (χ3v) is 4.30. The van der Waals surface area contributed by atoms with Gasteiger partial charge < -0.3 is 15.3 Å². The molecule has 118 valence electrons. The topological polar surface area (TPSA) is 86.7 Å². The van der Waals surface area contributed by atoms with E-state index in [1.807, 2.05) is 11.8 Å². The number of carbonyl (C=O) groups excluding carboxylic acids is 2. The number of aliphatic carboxylic acids is 1. The highest BCUT2D eigenvalue weighted by molar-refractivity contribution is 5.85. The van der Waals surface area contributed by atoms with Gasteiger partial charge in [0.15, 0.2) is 0 Å². The minimum Gasteiger partial charge on any atom is -0.480 e. The number of hydrogen-bond acceptors (Lipinski definition) is 3. The Balaban J connectivity index is 1.79. The Morgan fingerprint density at radius 2 is 1.76 bits per heavy atom. The largest absolute Gasteiger partial charge is 0.480 e. The van der Waals surface area contributed by atoms with E-state index < -0.39 is 12.0 Å². The molecule has 1 atom stereocenters. The molecule has 2 aliphatic rings. The van der Waals surface area contributed by atoms with E-state index in [1.54, 1.807) is 0 Å². The van der Waals surface area contributed by atoms with Crippen molar-refractivity contribution in [2.75, 3.05) is 13.1 Å². The smallest absolute Gasteiger partial charge is 0.326 e. The van der Waals surface area contributed by atoms with Crippen LogP contribution in [0, 0.1) is 11.8 Å². The Labute approximate surface area is 124 Å². The lowest BCUT2D eigenvalue weighted by molar-refractivity contribution is -0.143. The number of nitrogens with zero attached hydrogens (tertiary/aromatic N) is 1. The lowest BCUT2D eigenvalue weighted by atomic mass is 9.95. The summed E-state index contributed by atoms with van der Waals surface area (Å²) in [4.78, 5) is 37.0. The van der Waals surface area contributed by atoms with Gasteiger partial charge in [0.2, 0.25) is 11.8 Å². The van der Waals surface area contributed by atoms with E-state index in [-0.39, 0.29) is 23.7 Å². The zero-order valence-corrected chi connectivity index (χ0v) is 12.5. The van der Waals surface area contributed by atoms with Gasteiger partial charge in [-0.3, -0.25) is 9.59 Å². The van der Waals surface area contributed by atoms with Gasteiger partial charge in [0, 0.05) is 24.9 Å². The lowest BCUT2D eigenvalue weighted by Gasteiger charge is -2.32. The van der Waals surface area contributed by atoms with Crippen molar-refractivity contribution in [1.82, 2.24) is 10.2 Å². The quantitative estimate of drug-likeness (QED) is 0.765. The maximum absolute atomic E-state index is 12.1. The fourth-order valence-electron chi connectivity index (χ4n) is 2.79. The SMILES string of the molecule is CCC[C@H](NC(=O)C1CCN(C(=O)C2CC2)CC1)C(=O)O. The fraction of sp³-hybridized carbons (Fsp3) is 0.800. The summed E-state index contributed by atoms with van der Waals surface area (Å²) in [6, 6.07) is -0.798. The highest BCUT2D eigenvalue weighted by Crippen LogP contribution is 2.32. The van der Waals surface area contributed by atoms with E-state index in [0.29, 0.717) is 38.8 Å². The molecule has 1 aliphatic heterocycles. The molecule has 0 radical (unpaired) electrons. The molecule has 1 aliphatic carbocycles. The third kappa shape index (κ3) is 4.19. The van der Waals surface area contributed by atoms with E-state index in [1.165, 1.54) is 0 Å². The van der Waals surface area contributed by atoms with Gasteiger partial charge in [0.05, 0.1) is 0 Å². The monoisotopic (exact) mass is 296 g/mol. The highest BCUT2D eigenvalue weighted by Gasteiger charge is 2.36. The van der Waals surface area contributed by atoms with Crippen LogP contribution in [-0.4, -0.2) is 46.9 Å². The molecule has 0 spiro atoms. The van der Waals surface area contributed by atoms with Crippen molar-refractivity contribution in [3.63, 3.8) is 0 Å². The van der Waals surface area contributed by atoms with E-state index in [4.69, 9.17) is 5.11 Å². The van der Waals surface area contributed by atoms with E-state index in [9.17, 15) is 14.4 Å². The second-order valence-electron chi connectivity index (χ2n) is 6.06. The Hall–Kier alpha value is -1.59.